The second-order valence-electron chi connectivity index (χ2n) is 8.63. The molecule has 0 aliphatic carbocycles. The molecule has 1 fully saturated rings. The van der Waals surface area contributed by atoms with E-state index in [1.165, 1.54) is 5.56 Å². The number of aliphatic hydroxyl groups excluding tert-OH is 1. The zero-order valence-electron chi connectivity index (χ0n) is 18.7. The van der Waals surface area contributed by atoms with Crippen molar-refractivity contribution in [3.63, 3.8) is 0 Å². The van der Waals surface area contributed by atoms with Gasteiger partial charge in [0.25, 0.3) is 5.91 Å². The van der Waals surface area contributed by atoms with Crippen molar-refractivity contribution >= 4 is 5.91 Å². The molecule has 2 unspecified atom stereocenters. The summed E-state index contributed by atoms with van der Waals surface area (Å²) in [5.74, 6) is 0.571. The molecular formula is C26H32N2O4. The van der Waals surface area contributed by atoms with Gasteiger partial charge in [0.15, 0.2) is 5.76 Å². The lowest BCUT2D eigenvalue weighted by Crippen LogP contribution is -2.49. The third-order valence-corrected chi connectivity index (χ3v) is 6.02. The molecule has 2 aromatic rings. The van der Waals surface area contributed by atoms with Crippen LogP contribution in [0.2, 0.25) is 0 Å². The lowest BCUT2D eigenvalue weighted by atomic mass is 10.0. The van der Waals surface area contributed by atoms with Crippen LogP contribution in [-0.2, 0) is 34.0 Å². The molecule has 2 heterocycles. The van der Waals surface area contributed by atoms with E-state index in [9.17, 15) is 4.79 Å². The molecular weight excluding hydrogens is 404 g/mol. The van der Waals surface area contributed by atoms with Crippen LogP contribution in [0.5, 0.6) is 0 Å². The van der Waals surface area contributed by atoms with Crippen molar-refractivity contribution in [1.29, 1.82) is 0 Å². The normalized spacial score (nSPS) is 21.7. The summed E-state index contributed by atoms with van der Waals surface area (Å²) in [6.45, 7) is 6.53. The van der Waals surface area contributed by atoms with E-state index < -0.39 is 6.29 Å². The Hall–Kier alpha value is -2.67. The Labute approximate surface area is 190 Å². The molecule has 0 saturated carbocycles. The summed E-state index contributed by atoms with van der Waals surface area (Å²) in [6.07, 6.45) is 2.20. The minimum absolute atomic E-state index is 0.0289. The van der Waals surface area contributed by atoms with Gasteiger partial charge in [0.2, 0.25) is 6.29 Å². The monoisotopic (exact) mass is 436 g/mol. The summed E-state index contributed by atoms with van der Waals surface area (Å²) in [7, 11) is 0. The van der Waals surface area contributed by atoms with Crippen molar-refractivity contribution in [2.45, 2.75) is 39.4 Å². The molecule has 2 aromatic carbocycles. The van der Waals surface area contributed by atoms with Gasteiger partial charge in [-0.1, -0.05) is 61.5 Å². The number of nitrogens with zero attached hydrogens (tertiary/aromatic N) is 2. The standard InChI is InChI=1S/C26H32N2O4/c1-20-15-24(32-25(16-20)31-19-23-9-7-22(18-29)8-10-23)26(30)28-13-11-27(12-14-28)17-21-5-3-2-4-6-21/h2-10,15,20,25,29H,11-14,16-19H2,1H3. The van der Waals surface area contributed by atoms with Crippen molar-refractivity contribution in [3.8, 4) is 0 Å². The van der Waals surface area contributed by atoms with Gasteiger partial charge in [-0.15, -0.1) is 0 Å². The SMILES string of the molecule is CC1C=C(C(=O)N2CCN(Cc3ccccc3)CC2)OC(OCc2ccc(CO)cc2)C1. The molecule has 0 aromatic heterocycles. The average Bonchev–Trinajstić information content (AvgIpc) is 2.83. The summed E-state index contributed by atoms with van der Waals surface area (Å²) in [4.78, 5) is 17.4. The van der Waals surface area contributed by atoms with E-state index in [0.717, 1.165) is 37.2 Å². The molecule has 0 bridgehead atoms. The van der Waals surface area contributed by atoms with Crippen LogP contribution in [-0.4, -0.2) is 53.3 Å². The van der Waals surface area contributed by atoms with Crippen LogP contribution in [0.4, 0.5) is 0 Å². The predicted molar refractivity (Wildman–Crippen MR) is 122 cm³/mol. The number of carbonyl (C=O) groups is 1. The number of hydrogen-bond donors (Lipinski definition) is 1. The topological polar surface area (TPSA) is 62.2 Å². The predicted octanol–water partition coefficient (Wildman–Crippen LogP) is 3.31. The van der Waals surface area contributed by atoms with E-state index in [2.05, 4.69) is 36.1 Å². The summed E-state index contributed by atoms with van der Waals surface area (Å²) in [5, 5.41) is 9.16. The number of aliphatic hydroxyl groups is 1. The first-order chi connectivity index (χ1) is 15.6. The number of allylic oxidation sites excluding steroid dienone is 1. The fraction of sp³-hybridized carbons (Fsp3) is 0.423. The highest BCUT2D eigenvalue weighted by molar-refractivity contribution is 5.91. The molecule has 6 heteroatoms. The number of hydrogen-bond acceptors (Lipinski definition) is 5. The van der Waals surface area contributed by atoms with Gasteiger partial charge in [0.1, 0.15) is 0 Å². The summed E-state index contributed by atoms with van der Waals surface area (Å²) in [6, 6.07) is 18.1. The molecule has 2 atom stereocenters. The highest BCUT2D eigenvalue weighted by Gasteiger charge is 2.30. The highest BCUT2D eigenvalue weighted by atomic mass is 16.7. The Morgan fingerprint density at radius 2 is 1.69 bits per heavy atom. The Kier molecular flexibility index (Phi) is 7.58. The van der Waals surface area contributed by atoms with Crippen LogP contribution in [0.15, 0.2) is 66.4 Å². The Balaban J connectivity index is 1.27. The van der Waals surface area contributed by atoms with Crippen molar-refractivity contribution in [2.75, 3.05) is 26.2 Å². The van der Waals surface area contributed by atoms with E-state index in [4.69, 9.17) is 14.6 Å². The first-order valence-corrected chi connectivity index (χ1v) is 11.3. The van der Waals surface area contributed by atoms with E-state index >= 15 is 0 Å². The molecule has 4 rings (SSSR count). The van der Waals surface area contributed by atoms with Gasteiger partial charge in [-0.25, -0.2) is 0 Å². The molecule has 1 saturated heterocycles. The molecule has 1 N–H and O–H groups in total. The van der Waals surface area contributed by atoms with Crippen molar-refractivity contribution in [1.82, 2.24) is 9.80 Å². The molecule has 2 aliphatic rings. The largest absolute Gasteiger partial charge is 0.459 e. The number of rotatable bonds is 7. The molecule has 2 aliphatic heterocycles. The number of ether oxygens (including phenoxy) is 2. The summed E-state index contributed by atoms with van der Waals surface area (Å²) < 4.78 is 11.9. The number of piperazine rings is 1. The maximum Gasteiger partial charge on any atom is 0.288 e. The van der Waals surface area contributed by atoms with Crippen LogP contribution in [0.25, 0.3) is 0 Å². The van der Waals surface area contributed by atoms with E-state index in [1.54, 1.807) is 0 Å². The molecule has 32 heavy (non-hydrogen) atoms. The third-order valence-electron chi connectivity index (χ3n) is 6.02. The van der Waals surface area contributed by atoms with Crippen LogP contribution in [0.1, 0.15) is 30.0 Å². The quantitative estimate of drug-likeness (QED) is 0.722. The molecule has 0 radical (unpaired) electrons. The highest BCUT2D eigenvalue weighted by Crippen LogP contribution is 2.25. The minimum Gasteiger partial charge on any atom is -0.459 e. The number of benzene rings is 2. The van der Waals surface area contributed by atoms with Crippen molar-refractivity contribution in [2.24, 2.45) is 5.92 Å². The maximum atomic E-state index is 13.1. The van der Waals surface area contributed by atoms with Gasteiger partial charge >= 0.3 is 0 Å². The van der Waals surface area contributed by atoms with Gasteiger partial charge in [0.05, 0.1) is 13.2 Å². The first-order valence-electron chi connectivity index (χ1n) is 11.3. The average molecular weight is 437 g/mol. The van der Waals surface area contributed by atoms with E-state index in [-0.39, 0.29) is 18.4 Å². The first kappa shape index (κ1) is 22.5. The smallest absolute Gasteiger partial charge is 0.288 e. The molecule has 1 amide bonds. The Morgan fingerprint density at radius 1 is 1.00 bits per heavy atom. The summed E-state index contributed by atoms with van der Waals surface area (Å²) >= 11 is 0. The van der Waals surface area contributed by atoms with Gasteiger partial charge in [-0.2, -0.15) is 0 Å². The fourth-order valence-electron chi connectivity index (χ4n) is 4.12. The van der Waals surface area contributed by atoms with Crippen LogP contribution < -0.4 is 0 Å². The second kappa shape index (κ2) is 10.8. The third kappa shape index (κ3) is 5.97. The molecule has 170 valence electrons. The minimum atomic E-state index is -0.439. The zero-order valence-corrected chi connectivity index (χ0v) is 18.7. The van der Waals surface area contributed by atoms with Gasteiger partial charge in [-0.3, -0.25) is 9.69 Å². The molecule has 6 nitrogen and oxygen atoms in total. The van der Waals surface area contributed by atoms with Crippen LogP contribution in [0, 0.1) is 5.92 Å². The number of amides is 1. The maximum absolute atomic E-state index is 13.1. The summed E-state index contributed by atoms with van der Waals surface area (Å²) in [5.41, 5.74) is 3.18. The van der Waals surface area contributed by atoms with Gasteiger partial charge in [0, 0.05) is 39.1 Å². The van der Waals surface area contributed by atoms with Gasteiger partial charge < -0.3 is 19.5 Å². The van der Waals surface area contributed by atoms with E-state index in [0.29, 0.717) is 25.5 Å². The van der Waals surface area contributed by atoms with Crippen LogP contribution >= 0.6 is 0 Å². The van der Waals surface area contributed by atoms with Gasteiger partial charge in [-0.05, 0) is 28.7 Å². The Bertz CT molecular complexity index is 905. The lowest BCUT2D eigenvalue weighted by molar-refractivity contribution is -0.159. The molecule has 0 spiro atoms. The van der Waals surface area contributed by atoms with Crippen molar-refractivity contribution < 1.29 is 19.4 Å². The van der Waals surface area contributed by atoms with Crippen molar-refractivity contribution in [3.05, 3.63) is 83.1 Å². The second-order valence-corrected chi connectivity index (χ2v) is 8.63. The van der Waals surface area contributed by atoms with E-state index in [1.807, 2.05) is 41.3 Å². The van der Waals surface area contributed by atoms with Crippen LogP contribution in [0.3, 0.4) is 0 Å². The Morgan fingerprint density at radius 3 is 2.38 bits per heavy atom. The lowest BCUT2D eigenvalue weighted by Gasteiger charge is -2.36. The zero-order chi connectivity index (χ0) is 22.3. The fourth-order valence-corrected chi connectivity index (χ4v) is 4.12. The number of carbonyl (C=O) groups excluding carboxylic acids is 1.